The van der Waals surface area contributed by atoms with Gasteiger partial charge >= 0.3 is 0 Å². The molecule has 0 atom stereocenters. The van der Waals surface area contributed by atoms with Crippen molar-refractivity contribution in [3.8, 4) is 0 Å². The van der Waals surface area contributed by atoms with E-state index in [0.717, 1.165) is 6.20 Å². The lowest BCUT2D eigenvalue weighted by Crippen LogP contribution is -2.30. The van der Waals surface area contributed by atoms with E-state index in [-0.39, 0.29) is 16.8 Å². The molecule has 0 saturated carbocycles. The van der Waals surface area contributed by atoms with Crippen LogP contribution in [0, 0.1) is 0 Å². The summed E-state index contributed by atoms with van der Waals surface area (Å²) in [5.74, 6) is -1.17. The van der Waals surface area contributed by atoms with Crippen LogP contribution >= 0.6 is 11.6 Å². The first-order valence-electron chi connectivity index (χ1n) is 4.53. The molecule has 1 aromatic heterocycles. The zero-order valence-electron chi connectivity index (χ0n) is 8.67. The first-order chi connectivity index (χ1) is 7.41. The lowest BCUT2D eigenvalue weighted by atomic mass is 10.3. The van der Waals surface area contributed by atoms with Crippen molar-refractivity contribution in [3.63, 3.8) is 0 Å². The molecule has 1 amide bonds. The number of carbonyl (C=O) groups is 1. The van der Waals surface area contributed by atoms with Crippen LogP contribution in [0.25, 0.3) is 0 Å². The number of nitrogens with one attached hydrogen (secondary N) is 1. The van der Waals surface area contributed by atoms with Gasteiger partial charge in [-0.2, -0.15) is 0 Å². The summed E-state index contributed by atoms with van der Waals surface area (Å²) in [5, 5.41) is 2.28. The highest BCUT2D eigenvalue weighted by molar-refractivity contribution is 6.32. The monoisotopic (exact) mass is 249 g/mol. The molecule has 0 spiro atoms. The summed E-state index contributed by atoms with van der Waals surface area (Å²) >= 11 is 5.61. The van der Waals surface area contributed by atoms with Crippen LogP contribution in [-0.4, -0.2) is 21.9 Å². The third-order valence-corrected chi connectivity index (χ3v) is 1.91. The van der Waals surface area contributed by atoms with E-state index in [1.807, 2.05) is 0 Å². The molecule has 1 aromatic rings. The number of hydrogen-bond donors (Lipinski definition) is 1. The predicted molar refractivity (Wildman–Crippen MR) is 54.6 cm³/mol. The van der Waals surface area contributed by atoms with Gasteiger partial charge in [0.15, 0.2) is 5.82 Å². The lowest BCUT2D eigenvalue weighted by Gasteiger charge is -2.09. The fourth-order valence-electron chi connectivity index (χ4n) is 0.971. The van der Waals surface area contributed by atoms with Crippen LogP contribution in [0.1, 0.15) is 36.5 Å². The van der Waals surface area contributed by atoms with Gasteiger partial charge in [-0.1, -0.05) is 11.6 Å². The van der Waals surface area contributed by atoms with Crippen LogP contribution in [0.2, 0.25) is 5.15 Å². The first kappa shape index (κ1) is 12.8. The van der Waals surface area contributed by atoms with Crippen molar-refractivity contribution >= 4 is 17.5 Å². The normalized spacial score (nSPS) is 10.9. The van der Waals surface area contributed by atoms with Crippen molar-refractivity contribution in [1.29, 1.82) is 0 Å². The van der Waals surface area contributed by atoms with Gasteiger partial charge in [0.25, 0.3) is 12.3 Å². The van der Waals surface area contributed by atoms with Gasteiger partial charge in [-0.05, 0) is 13.8 Å². The Morgan fingerprint density at radius 1 is 1.50 bits per heavy atom. The zero-order valence-corrected chi connectivity index (χ0v) is 9.42. The maximum absolute atomic E-state index is 12.2. The Labute approximate surface area is 96.0 Å². The van der Waals surface area contributed by atoms with E-state index >= 15 is 0 Å². The molecule has 1 rings (SSSR count). The smallest absolute Gasteiger partial charge is 0.297 e. The summed E-state index contributed by atoms with van der Waals surface area (Å²) in [5.41, 5.74) is -0.0141. The van der Waals surface area contributed by atoms with Crippen molar-refractivity contribution in [2.24, 2.45) is 0 Å². The van der Waals surface area contributed by atoms with Crippen molar-refractivity contribution < 1.29 is 13.6 Å². The number of amides is 1. The minimum atomic E-state index is -2.81. The third-order valence-electron chi connectivity index (χ3n) is 1.62. The van der Waals surface area contributed by atoms with Crippen LogP contribution < -0.4 is 5.32 Å². The van der Waals surface area contributed by atoms with Gasteiger partial charge in [-0.3, -0.25) is 4.79 Å². The van der Waals surface area contributed by atoms with Crippen LogP contribution in [0.3, 0.4) is 0 Å². The fourth-order valence-corrected chi connectivity index (χ4v) is 1.19. The SMILES string of the molecule is CC(C)NC(=O)c1cnc(C(F)F)nc1Cl. The Balaban J connectivity index is 2.95. The highest BCUT2D eigenvalue weighted by Crippen LogP contribution is 2.18. The zero-order chi connectivity index (χ0) is 12.3. The van der Waals surface area contributed by atoms with Crippen LogP contribution in [-0.2, 0) is 0 Å². The van der Waals surface area contributed by atoms with E-state index in [4.69, 9.17) is 11.6 Å². The summed E-state index contributed by atoms with van der Waals surface area (Å²) in [7, 11) is 0. The molecule has 0 aliphatic rings. The summed E-state index contributed by atoms with van der Waals surface area (Å²) in [6.07, 6.45) is -1.81. The average molecular weight is 250 g/mol. The van der Waals surface area contributed by atoms with Gasteiger partial charge in [0.2, 0.25) is 0 Å². The van der Waals surface area contributed by atoms with E-state index in [1.54, 1.807) is 13.8 Å². The van der Waals surface area contributed by atoms with Gasteiger partial charge in [-0.25, -0.2) is 18.7 Å². The van der Waals surface area contributed by atoms with Gasteiger partial charge < -0.3 is 5.32 Å². The van der Waals surface area contributed by atoms with E-state index in [1.165, 1.54) is 0 Å². The predicted octanol–water partition coefficient (Wildman–Crippen LogP) is 2.21. The second kappa shape index (κ2) is 5.16. The Bertz CT molecular complexity index is 398. The molecule has 0 bridgehead atoms. The number of alkyl halides is 2. The molecule has 0 aliphatic carbocycles. The molecule has 0 aromatic carbocycles. The molecule has 7 heteroatoms. The lowest BCUT2D eigenvalue weighted by molar-refractivity contribution is 0.0941. The summed E-state index contributed by atoms with van der Waals surface area (Å²) in [6.45, 7) is 3.53. The summed E-state index contributed by atoms with van der Waals surface area (Å²) < 4.78 is 24.4. The largest absolute Gasteiger partial charge is 0.350 e. The third kappa shape index (κ3) is 3.10. The van der Waals surface area contributed by atoms with Crippen molar-refractivity contribution in [3.05, 3.63) is 22.7 Å². The van der Waals surface area contributed by atoms with E-state index in [0.29, 0.717) is 0 Å². The molecule has 16 heavy (non-hydrogen) atoms. The van der Waals surface area contributed by atoms with Crippen molar-refractivity contribution in [1.82, 2.24) is 15.3 Å². The maximum Gasteiger partial charge on any atom is 0.297 e. The molecule has 4 nitrogen and oxygen atoms in total. The average Bonchev–Trinajstić information content (AvgIpc) is 2.15. The molecule has 0 aliphatic heterocycles. The highest BCUT2D eigenvalue weighted by Gasteiger charge is 2.17. The quantitative estimate of drug-likeness (QED) is 0.836. The molecule has 88 valence electrons. The van der Waals surface area contributed by atoms with Gasteiger partial charge in [0.05, 0.1) is 5.56 Å². The number of rotatable bonds is 3. The standard InChI is InChI=1S/C9H10ClF2N3O/c1-4(2)14-9(16)5-3-13-8(7(11)12)15-6(5)10/h3-4,7H,1-2H3,(H,14,16). The second-order valence-electron chi connectivity index (χ2n) is 3.36. The Morgan fingerprint density at radius 2 is 2.12 bits per heavy atom. The topological polar surface area (TPSA) is 54.9 Å². The molecule has 1 heterocycles. The number of aromatic nitrogens is 2. The fraction of sp³-hybridized carbons (Fsp3) is 0.444. The summed E-state index contributed by atoms with van der Waals surface area (Å²) in [6, 6.07) is -0.0849. The number of nitrogens with zero attached hydrogens (tertiary/aromatic N) is 2. The Morgan fingerprint density at radius 3 is 2.56 bits per heavy atom. The van der Waals surface area contributed by atoms with E-state index in [9.17, 15) is 13.6 Å². The molecule has 0 saturated heterocycles. The molecular weight excluding hydrogens is 240 g/mol. The number of carbonyl (C=O) groups excluding carboxylic acids is 1. The molecular formula is C9H10ClF2N3O. The van der Waals surface area contributed by atoms with Crippen molar-refractivity contribution in [2.75, 3.05) is 0 Å². The number of hydrogen-bond acceptors (Lipinski definition) is 3. The minimum Gasteiger partial charge on any atom is -0.350 e. The molecule has 0 unspecified atom stereocenters. The Hall–Kier alpha value is -1.30. The van der Waals surface area contributed by atoms with E-state index in [2.05, 4.69) is 15.3 Å². The maximum atomic E-state index is 12.2. The number of halogens is 3. The minimum absolute atomic E-state index is 0.0141. The molecule has 0 fully saturated rings. The van der Waals surface area contributed by atoms with Crippen LogP contribution in [0.15, 0.2) is 6.20 Å². The van der Waals surface area contributed by atoms with Crippen molar-refractivity contribution in [2.45, 2.75) is 26.3 Å². The van der Waals surface area contributed by atoms with E-state index < -0.39 is 18.2 Å². The van der Waals surface area contributed by atoms with Crippen LogP contribution in [0.4, 0.5) is 8.78 Å². The van der Waals surface area contributed by atoms with Gasteiger partial charge in [0, 0.05) is 12.2 Å². The Kier molecular flexibility index (Phi) is 4.12. The molecule has 1 N–H and O–H groups in total. The van der Waals surface area contributed by atoms with Gasteiger partial charge in [-0.15, -0.1) is 0 Å². The first-order valence-corrected chi connectivity index (χ1v) is 4.91. The summed E-state index contributed by atoms with van der Waals surface area (Å²) in [4.78, 5) is 18.2. The van der Waals surface area contributed by atoms with Crippen LogP contribution in [0.5, 0.6) is 0 Å². The second-order valence-corrected chi connectivity index (χ2v) is 3.72. The highest BCUT2D eigenvalue weighted by atomic mass is 35.5. The molecule has 0 radical (unpaired) electrons. The van der Waals surface area contributed by atoms with Gasteiger partial charge in [0.1, 0.15) is 5.15 Å².